The van der Waals surface area contributed by atoms with E-state index in [0.717, 1.165) is 5.69 Å². The van der Waals surface area contributed by atoms with Gasteiger partial charge in [-0.3, -0.25) is 14.4 Å². The van der Waals surface area contributed by atoms with Crippen molar-refractivity contribution >= 4 is 23.4 Å². The van der Waals surface area contributed by atoms with Crippen molar-refractivity contribution in [2.45, 2.75) is 13.0 Å². The number of nitrogens with zero attached hydrogens (tertiary/aromatic N) is 2. The Balaban J connectivity index is 2.12. The highest BCUT2D eigenvalue weighted by Crippen LogP contribution is 2.20. The number of benzene rings is 1. The molecule has 2 N–H and O–H groups in total. The second-order valence-electron chi connectivity index (χ2n) is 5.55. The molecule has 2 rings (SSSR count). The molecule has 1 unspecified atom stereocenters. The van der Waals surface area contributed by atoms with E-state index < -0.39 is 6.04 Å². The lowest BCUT2D eigenvalue weighted by Gasteiger charge is -2.41. The van der Waals surface area contributed by atoms with Crippen LogP contribution in [0.5, 0.6) is 0 Å². The summed E-state index contributed by atoms with van der Waals surface area (Å²) in [6.07, 6.45) is 0. The predicted octanol–water partition coefficient (Wildman–Crippen LogP) is -0.275. The maximum absolute atomic E-state index is 13.1. The van der Waals surface area contributed by atoms with E-state index in [-0.39, 0.29) is 30.1 Å². The summed E-state index contributed by atoms with van der Waals surface area (Å²) < 4.78 is 13.1. The molecule has 1 heterocycles. The van der Waals surface area contributed by atoms with Gasteiger partial charge in [0.25, 0.3) is 0 Å². The minimum absolute atomic E-state index is 0.140. The Labute approximate surface area is 139 Å². The fourth-order valence-electron chi connectivity index (χ4n) is 2.66. The molecule has 1 aliphatic rings. The van der Waals surface area contributed by atoms with E-state index in [1.54, 1.807) is 12.1 Å². The van der Waals surface area contributed by atoms with Crippen LogP contribution in [-0.2, 0) is 14.4 Å². The molecule has 0 radical (unpaired) electrons. The molecule has 0 spiro atoms. The van der Waals surface area contributed by atoms with Crippen molar-refractivity contribution in [3.8, 4) is 0 Å². The molecule has 1 atom stereocenters. The molecule has 0 saturated carbocycles. The highest BCUT2D eigenvalue weighted by molar-refractivity contribution is 5.90. The van der Waals surface area contributed by atoms with Crippen molar-refractivity contribution in [3.63, 3.8) is 0 Å². The molecule has 8 heteroatoms. The van der Waals surface area contributed by atoms with Crippen LogP contribution in [0.4, 0.5) is 10.1 Å². The third-order valence-corrected chi connectivity index (χ3v) is 3.93. The van der Waals surface area contributed by atoms with E-state index in [4.69, 9.17) is 0 Å². The Morgan fingerprint density at radius 3 is 2.46 bits per heavy atom. The summed E-state index contributed by atoms with van der Waals surface area (Å²) in [5.41, 5.74) is 0.791. The molecule has 0 aromatic heterocycles. The first-order chi connectivity index (χ1) is 11.4. The largest absolute Gasteiger partial charge is 0.367 e. The molecule has 7 nitrogen and oxygen atoms in total. The van der Waals surface area contributed by atoms with Crippen LogP contribution < -0.4 is 15.5 Å². The van der Waals surface area contributed by atoms with Crippen LogP contribution in [0.2, 0.25) is 0 Å². The number of likely N-dealkylation sites (N-methyl/N-ethyl adjacent to an activating group) is 1. The average molecular weight is 336 g/mol. The summed E-state index contributed by atoms with van der Waals surface area (Å²) in [5.74, 6) is -1.22. The van der Waals surface area contributed by atoms with Crippen molar-refractivity contribution in [2.24, 2.45) is 0 Å². The normalized spacial score (nSPS) is 17.4. The highest BCUT2D eigenvalue weighted by atomic mass is 19.1. The van der Waals surface area contributed by atoms with Gasteiger partial charge >= 0.3 is 0 Å². The number of carbonyl (C=O) groups excluding carboxylic acids is 3. The van der Waals surface area contributed by atoms with Crippen LogP contribution in [0.3, 0.4) is 0 Å². The van der Waals surface area contributed by atoms with Crippen LogP contribution >= 0.6 is 0 Å². The van der Waals surface area contributed by atoms with Crippen LogP contribution in [0.1, 0.15) is 6.92 Å². The Bertz CT molecular complexity index is 620. The number of amides is 3. The van der Waals surface area contributed by atoms with Gasteiger partial charge in [0, 0.05) is 39.3 Å². The predicted molar refractivity (Wildman–Crippen MR) is 86.9 cm³/mol. The molecular formula is C16H21FN4O3. The molecule has 130 valence electrons. The first kappa shape index (κ1) is 17.7. The summed E-state index contributed by atoms with van der Waals surface area (Å²) in [6, 6.07) is 5.34. The third-order valence-electron chi connectivity index (χ3n) is 3.93. The van der Waals surface area contributed by atoms with E-state index in [9.17, 15) is 18.8 Å². The van der Waals surface area contributed by atoms with Gasteiger partial charge in [0.15, 0.2) is 0 Å². The van der Waals surface area contributed by atoms with Crippen LogP contribution in [0.15, 0.2) is 24.3 Å². The number of carbonyl (C=O) groups is 3. The van der Waals surface area contributed by atoms with Crippen LogP contribution in [0, 0.1) is 5.82 Å². The Kier molecular flexibility index (Phi) is 5.73. The molecule has 1 aromatic rings. The van der Waals surface area contributed by atoms with Gasteiger partial charge in [0.2, 0.25) is 17.7 Å². The van der Waals surface area contributed by atoms with E-state index in [1.807, 2.05) is 4.90 Å². The lowest BCUT2D eigenvalue weighted by Crippen LogP contribution is -2.61. The zero-order valence-electron chi connectivity index (χ0n) is 13.7. The monoisotopic (exact) mass is 336 g/mol. The van der Waals surface area contributed by atoms with Gasteiger partial charge in [-0.15, -0.1) is 0 Å². The van der Waals surface area contributed by atoms with Gasteiger partial charge in [-0.05, 0) is 24.3 Å². The second kappa shape index (κ2) is 7.76. The van der Waals surface area contributed by atoms with Gasteiger partial charge in [-0.2, -0.15) is 0 Å². The minimum Gasteiger partial charge on any atom is -0.367 e. The van der Waals surface area contributed by atoms with E-state index in [1.165, 1.54) is 31.0 Å². The third kappa shape index (κ3) is 4.21. The maximum Gasteiger partial charge on any atom is 0.244 e. The molecule has 0 bridgehead atoms. The Morgan fingerprint density at radius 2 is 1.88 bits per heavy atom. The van der Waals surface area contributed by atoms with Crippen molar-refractivity contribution in [1.29, 1.82) is 0 Å². The summed E-state index contributed by atoms with van der Waals surface area (Å²) in [4.78, 5) is 38.8. The Morgan fingerprint density at radius 1 is 1.21 bits per heavy atom. The Hall–Kier alpha value is -2.64. The molecule has 1 fully saturated rings. The molecule has 24 heavy (non-hydrogen) atoms. The zero-order valence-corrected chi connectivity index (χ0v) is 13.7. The number of nitrogens with one attached hydrogen (secondary N) is 2. The van der Waals surface area contributed by atoms with Gasteiger partial charge in [-0.1, -0.05) is 0 Å². The lowest BCUT2D eigenvalue weighted by atomic mass is 10.1. The van der Waals surface area contributed by atoms with Gasteiger partial charge in [0.1, 0.15) is 11.9 Å². The number of rotatable bonds is 4. The second-order valence-corrected chi connectivity index (χ2v) is 5.55. The number of anilines is 1. The average Bonchev–Trinajstić information content (AvgIpc) is 2.59. The zero-order chi connectivity index (χ0) is 17.7. The molecule has 0 aliphatic carbocycles. The molecule has 1 aliphatic heterocycles. The van der Waals surface area contributed by atoms with Gasteiger partial charge in [0.05, 0.1) is 6.54 Å². The summed E-state index contributed by atoms with van der Waals surface area (Å²) >= 11 is 0. The fraction of sp³-hybridized carbons (Fsp3) is 0.438. The van der Waals surface area contributed by atoms with Gasteiger partial charge in [-0.25, -0.2) is 4.39 Å². The SMILES string of the molecule is CNC(=O)C1CN(c2ccc(F)cc2)CCN1C(=O)CNC(C)=O. The maximum atomic E-state index is 13.1. The van der Waals surface area contributed by atoms with Crippen LogP contribution in [0.25, 0.3) is 0 Å². The smallest absolute Gasteiger partial charge is 0.244 e. The van der Waals surface area contributed by atoms with Crippen molar-refractivity contribution in [2.75, 3.05) is 38.1 Å². The summed E-state index contributed by atoms with van der Waals surface area (Å²) in [7, 11) is 1.51. The molecule has 1 saturated heterocycles. The summed E-state index contributed by atoms with van der Waals surface area (Å²) in [6.45, 7) is 2.35. The fourth-order valence-corrected chi connectivity index (χ4v) is 2.66. The number of hydrogen-bond donors (Lipinski definition) is 2. The number of halogens is 1. The molecule has 1 aromatic carbocycles. The number of hydrogen-bond acceptors (Lipinski definition) is 4. The van der Waals surface area contributed by atoms with Crippen LogP contribution in [-0.4, -0.2) is 61.9 Å². The van der Waals surface area contributed by atoms with E-state index >= 15 is 0 Å². The quantitative estimate of drug-likeness (QED) is 0.793. The first-order valence-electron chi connectivity index (χ1n) is 7.68. The first-order valence-corrected chi connectivity index (χ1v) is 7.68. The molecular weight excluding hydrogens is 315 g/mol. The van der Waals surface area contributed by atoms with E-state index in [2.05, 4.69) is 10.6 Å². The topological polar surface area (TPSA) is 81.8 Å². The molecule has 3 amide bonds. The van der Waals surface area contributed by atoms with Gasteiger partial charge < -0.3 is 20.4 Å². The number of piperazine rings is 1. The van der Waals surface area contributed by atoms with Crippen molar-refractivity contribution in [1.82, 2.24) is 15.5 Å². The van der Waals surface area contributed by atoms with Crippen molar-refractivity contribution < 1.29 is 18.8 Å². The minimum atomic E-state index is -0.671. The highest BCUT2D eigenvalue weighted by Gasteiger charge is 2.34. The standard InChI is InChI=1S/C16H21FN4O3/c1-11(22)19-9-15(23)21-8-7-20(10-14(21)16(24)18-2)13-5-3-12(17)4-6-13/h3-6,14H,7-10H2,1-2H3,(H,18,24)(H,19,22). The van der Waals surface area contributed by atoms with E-state index in [0.29, 0.717) is 19.6 Å². The van der Waals surface area contributed by atoms with Crippen molar-refractivity contribution in [3.05, 3.63) is 30.1 Å². The lowest BCUT2D eigenvalue weighted by molar-refractivity contribution is -0.140. The summed E-state index contributed by atoms with van der Waals surface area (Å²) in [5, 5.41) is 5.01.